The molecule has 0 N–H and O–H groups in total. The van der Waals surface area contributed by atoms with Crippen LogP contribution in [0.25, 0.3) is 0 Å². The summed E-state index contributed by atoms with van der Waals surface area (Å²) < 4.78 is 15.5. The lowest BCUT2D eigenvalue weighted by molar-refractivity contribution is 0.325. The maximum Gasteiger partial charge on any atom is 0.203 e. The fourth-order valence-corrected chi connectivity index (χ4v) is 1.08. The van der Waals surface area contributed by atoms with Gasteiger partial charge in [-0.3, -0.25) is 0 Å². The number of hydrogen-bond donors (Lipinski definition) is 0. The van der Waals surface area contributed by atoms with Crippen LogP contribution in [0.4, 0.5) is 0 Å². The van der Waals surface area contributed by atoms with Crippen LogP contribution >= 0.6 is 0 Å². The first-order valence-electron chi connectivity index (χ1n) is 3.99. The normalized spacial score (nSPS) is 9.46. The summed E-state index contributed by atoms with van der Waals surface area (Å²) in [5, 5.41) is 0. The molecule has 0 amide bonds. The molecule has 1 rings (SSSR count). The molecule has 0 aliphatic heterocycles. The summed E-state index contributed by atoms with van der Waals surface area (Å²) in [6.45, 7) is 3.40. The summed E-state index contributed by atoms with van der Waals surface area (Å²) in [7, 11) is 3.18. The molecule has 13 heavy (non-hydrogen) atoms. The fourth-order valence-electron chi connectivity index (χ4n) is 1.08. The van der Waals surface area contributed by atoms with Crippen molar-refractivity contribution in [1.82, 2.24) is 0 Å². The Hall–Kier alpha value is -1.38. The second kappa shape index (κ2) is 4.60. The SMILES string of the molecule is C[CH]Oc1cccc(OC)c1OC. The van der Waals surface area contributed by atoms with Gasteiger partial charge < -0.3 is 14.2 Å². The molecule has 71 valence electrons. The average Bonchev–Trinajstić information content (AvgIpc) is 2.18. The first kappa shape index (κ1) is 9.71. The molecule has 0 bridgehead atoms. The van der Waals surface area contributed by atoms with Crippen LogP contribution in [0.3, 0.4) is 0 Å². The van der Waals surface area contributed by atoms with Crippen LogP contribution in [0, 0.1) is 6.61 Å². The van der Waals surface area contributed by atoms with Crippen molar-refractivity contribution in [3.05, 3.63) is 24.8 Å². The minimum atomic E-state index is 0.614. The molecular formula is C10H13O3. The molecular weight excluding hydrogens is 168 g/mol. The molecule has 1 radical (unpaired) electrons. The van der Waals surface area contributed by atoms with Gasteiger partial charge in [0.15, 0.2) is 11.5 Å². The van der Waals surface area contributed by atoms with E-state index in [1.807, 2.05) is 18.2 Å². The van der Waals surface area contributed by atoms with E-state index in [9.17, 15) is 0 Å². The van der Waals surface area contributed by atoms with Gasteiger partial charge in [-0.1, -0.05) is 6.07 Å². The van der Waals surface area contributed by atoms with Gasteiger partial charge >= 0.3 is 0 Å². The number of benzene rings is 1. The molecule has 0 aliphatic rings. The van der Waals surface area contributed by atoms with Crippen LogP contribution in [0.5, 0.6) is 17.2 Å². The third kappa shape index (κ3) is 2.05. The van der Waals surface area contributed by atoms with Crippen LogP contribution in [-0.2, 0) is 0 Å². The molecule has 1 aromatic carbocycles. The Morgan fingerprint density at radius 3 is 2.31 bits per heavy atom. The molecule has 3 nitrogen and oxygen atoms in total. The van der Waals surface area contributed by atoms with Crippen molar-refractivity contribution in [3.8, 4) is 17.2 Å². The molecule has 0 fully saturated rings. The smallest absolute Gasteiger partial charge is 0.203 e. The quantitative estimate of drug-likeness (QED) is 0.713. The Morgan fingerprint density at radius 2 is 1.77 bits per heavy atom. The van der Waals surface area contributed by atoms with Crippen molar-refractivity contribution in [2.45, 2.75) is 6.92 Å². The maximum absolute atomic E-state index is 5.24. The van der Waals surface area contributed by atoms with E-state index in [-0.39, 0.29) is 0 Å². The number of ether oxygens (including phenoxy) is 3. The van der Waals surface area contributed by atoms with E-state index >= 15 is 0 Å². The molecule has 0 heterocycles. The molecule has 1 aromatic rings. The van der Waals surface area contributed by atoms with Gasteiger partial charge in [0.25, 0.3) is 0 Å². The Kier molecular flexibility index (Phi) is 3.43. The van der Waals surface area contributed by atoms with Gasteiger partial charge in [0.1, 0.15) is 6.61 Å². The second-order valence-electron chi connectivity index (χ2n) is 2.35. The summed E-state index contributed by atoms with van der Waals surface area (Å²) in [5.41, 5.74) is 0. The zero-order chi connectivity index (χ0) is 9.68. The van der Waals surface area contributed by atoms with E-state index in [4.69, 9.17) is 14.2 Å². The minimum Gasteiger partial charge on any atom is -0.493 e. The van der Waals surface area contributed by atoms with Crippen LogP contribution in [0.1, 0.15) is 6.92 Å². The summed E-state index contributed by atoms with van der Waals surface area (Å²) in [5.74, 6) is 1.94. The van der Waals surface area contributed by atoms with Gasteiger partial charge in [0.05, 0.1) is 14.2 Å². The van der Waals surface area contributed by atoms with E-state index < -0.39 is 0 Å². The number of hydrogen-bond acceptors (Lipinski definition) is 3. The third-order valence-electron chi connectivity index (χ3n) is 1.61. The molecule has 3 heteroatoms. The van der Waals surface area contributed by atoms with Crippen LogP contribution in [0.2, 0.25) is 0 Å². The zero-order valence-electron chi connectivity index (χ0n) is 8.03. The lowest BCUT2D eigenvalue weighted by Gasteiger charge is -2.11. The van der Waals surface area contributed by atoms with Gasteiger partial charge in [-0.2, -0.15) is 0 Å². The molecule has 0 aromatic heterocycles. The van der Waals surface area contributed by atoms with Crippen molar-refractivity contribution in [3.63, 3.8) is 0 Å². The monoisotopic (exact) mass is 181 g/mol. The number of para-hydroxylation sites is 1. The Balaban J connectivity index is 3.03. The highest BCUT2D eigenvalue weighted by molar-refractivity contribution is 5.51. The molecule has 0 aliphatic carbocycles. The van der Waals surface area contributed by atoms with Crippen molar-refractivity contribution < 1.29 is 14.2 Å². The van der Waals surface area contributed by atoms with Gasteiger partial charge in [0.2, 0.25) is 5.75 Å². The molecule has 0 saturated heterocycles. The van der Waals surface area contributed by atoms with Gasteiger partial charge in [-0.25, -0.2) is 0 Å². The average molecular weight is 181 g/mol. The second-order valence-corrected chi connectivity index (χ2v) is 2.35. The van der Waals surface area contributed by atoms with Crippen LogP contribution < -0.4 is 14.2 Å². The predicted octanol–water partition coefficient (Wildman–Crippen LogP) is 2.26. The largest absolute Gasteiger partial charge is 0.493 e. The Labute approximate surface area is 78.2 Å². The molecule has 0 spiro atoms. The van der Waals surface area contributed by atoms with E-state index in [0.29, 0.717) is 17.2 Å². The lowest BCUT2D eigenvalue weighted by Crippen LogP contribution is -1.94. The van der Waals surface area contributed by atoms with E-state index in [1.165, 1.54) is 0 Å². The third-order valence-corrected chi connectivity index (χ3v) is 1.61. The van der Waals surface area contributed by atoms with Gasteiger partial charge in [0, 0.05) is 0 Å². The summed E-state index contributed by atoms with van der Waals surface area (Å²) in [6.07, 6.45) is 0. The van der Waals surface area contributed by atoms with E-state index in [0.717, 1.165) is 0 Å². The Bertz CT molecular complexity index is 271. The molecule has 0 atom stereocenters. The van der Waals surface area contributed by atoms with Crippen molar-refractivity contribution >= 4 is 0 Å². The highest BCUT2D eigenvalue weighted by Gasteiger charge is 2.09. The van der Waals surface area contributed by atoms with Gasteiger partial charge in [-0.05, 0) is 19.1 Å². The van der Waals surface area contributed by atoms with Gasteiger partial charge in [-0.15, -0.1) is 0 Å². The highest BCUT2D eigenvalue weighted by atomic mass is 16.5. The lowest BCUT2D eigenvalue weighted by atomic mass is 10.3. The summed E-state index contributed by atoms with van der Waals surface area (Å²) >= 11 is 0. The predicted molar refractivity (Wildman–Crippen MR) is 50.1 cm³/mol. The Morgan fingerprint density at radius 1 is 1.08 bits per heavy atom. The highest BCUT2D eigenvalue weighted by Crippen LogP contribution is 2.36. The first-order chi connectivity index (χ1) is 6.33. The van der Waals surface area contributed by atoms with Crippen LogP contribution in [-0.4, -0.2) is 14.2 Å². The van der Waals surface area contributed by atoms with Crippen molar-refractivity contribution in [2.75, 3.05) is 14.2 Å². The van der Waals surface area contributed by atoms with Crippen molar-refractivity contribution in [1.29, 1.82) is 0 Å². The van der Waals surface area contributed by atoms with Crippen molar-refractivity contribution in [2.24, 2.45) is 0 Å². The zero-order valence-corrected chi connectivity index (χ0v) is 8.03. The standard InChI is InChI=1S/C10H13O3/c1-4-13-9-7-5-6-8(11-2)10(9)12-3/h4-7H,1-3H3. The van der Waals surface area contributed by atoms with Crippen LogP contribution in [0.15, 0.2) is 18.2 Å². The maximum atomic E-state index is 5.24. The topological polar surface area (TPSA) is 27.7 Å². The fraction of sp³-hybridized carbons (Fsp3) is 0.300. The number of methoxy groups -OCH3 is 2. The summed E-state index contributed by atoms with van der Waals surface area (Å²) in [4.78, 5) is 0. The minimum absolute atomic E-state index is 0.614. The number of rotatable bonds is 4. The summed E-state index contributed by atoms with van der Waals surface area (Å²) in [6, 6.07) is 5.49. The first-order valence-corrected chi connectivity index (χ1v) is 3.99. The molecule has 0 unspecified atom stereocenters. The van der Waals surface area contributed by atoms with E-state index in [2.05, 4.69) is 0 Å². The van der Waals surface area contributed by atoms with E-state index in [1.54, 1.807) is 27.8 Å². The molecule has 0 saturated carbocycles.